The van der Waals surface area contributed by atoms with Crippen molar-refractivity contribution in [3.63, 3.8) is 0 Å². The molecule has 0 fully saturated rings. The fourth-order valence-electron chi connectivity index (χ4n) is 2.77. The molecule has 26 heavy (non-hydrogen) atoms. The van der Waals surface area contributed by atoms with Crippen molar-refractivity contribution < 1.29 is 9.53 Å². The van der Waals surface area contributed by atoms with Gasteiger partial charge in [0.1, 0.15) is 12.4 Å². The quantitative estimate of drug-likeness (QED) is 0.717. The molecule has 0 saturated carbocycles. The van der Waals surface area contributed by atoms with E-state index in [0.717, 1.165) is 33.8 Å². The van der Waals surface area contributed by atoms with E-state index in [0.29, 0.717) is 18.0 Å². The molecular formula is C20H23N3O2S. The summed E-state index contributed by atoms with van der Waals surface area (Å²) in [5, 5.41) is 9.32. The maximum Gasteiger partial charge on any atom is 0.261 e. The lowest BCUT2D eigenvalue weighted by atomic mass is 10.2. The van der Waals surface area contributed by atoms with Crippen LogP contribution in [-0.2, 0) is 20.2 Å². The molecule has 0 spiro atoms. The van der Waals surface area contributed by atoms with Gasteiger partial charge in [0.05, 0.1) is 10.6 Å². The molecule has 136 valence electrons. The Bertz CT molecular complexity index is 927. The third-order valence-corrected chi connectivity index (χ3v) is 5.33. The van der Waals surface area contributed by atoms with Crippen LogP contribution in [0, 0.1) is 20.8 Å². The minimum Gasteiger partial charge on any atom is -0.489 e. The van der Waals surface area contributed by atoms with Crippen LogP contribution in [0.1, 0.15) is 37.7 Å². The summed E-state index contributed by atoms with van der Waals surface area (Å²) in [5.74, 6) is 0.768. The average Bonchev–Trinajstić information content (AvgIpc) is 3.17. The van der Waals surface area contributed by atoms with Crippen molar-refractivity contribution in [2.45, 2.75) is 33.9 Å². The zero-order valence-corrected chi connectivity index (χ0v) is 16.3. The number of carbonyl (C=O) groups is 1. The van der Waals surface area contributed by atoms with Crippen LogP contribution in [0.3, 0.4) is 0 Å². The molecular weight excluding hydrogens is 346 g/mol. The van der Waals surface area contributed by atoms with Crippen LogP contribution < -0.4 is 10.1 Å². The Morgan fingerprint density at radius 1 is 1.27 bits per heavy atom. The first kappa shape index (κ1) is 18.2. The van der Waals surface area contributed by atoms with Crippen LogP contribution in [0.5, 0.6) is 5.75 Å². The highest BCUT2D eigenvalue weighted by molar-refractivity contribution is 7.12. The summed E-state index contributed by atoms with van der Waals surface area (Å²) in [6.07, 6.45) is 0. The normalized spacial score (nSPS) is 10.8. The predicted octanol–water partition coefficient (Wildman–Crippen LogP) is 3.92. The van der Waals surface area contributed by atoms with E-state index < -0.39 is 0 Å². The number of aryl methyl sites for hydroxylation is 3. The summed E-state index contributed by atoms with van der Waals surface area (Å²) in [6.45, 7) is 6.94. The molecule has 0 bridgehead atoms. The topological polar surface area (TPSA) is 56.1 Å². The van der Waals surface area contributed by atoms with Crippen LogP contribution >= 0.6 is 11.3 Å². The SMILES string of the molecule is Cc1cccc(OCc2csc(C(=O)NCc3c(C)nn(C)c3C)c2)c1. The first-order chi connectivity index (χ1) is 12.4. The van der Waals surface area contributed by atoms with E-state index in [4.69, 9.17) is 4.74 Å². The van der Waals surface area contributed by atoms with Gasteiger partial charge in [0, 0.05) is 30.4 Å². The van der Waals surface area contributed by atoms with Gasteiger partial charge in [-0.3, -0.25) is 9.48 Å². The second-order valence-electron chi connectivity index (χ2n) is 6.38. The molecule has 6 heteroatoms. The summed E-state index contributed by atoms with van der Waals surface area (Å²) in [4.78, 5) is 13.1. The van der Waals surface area contributed by atoms with Gasteiger partial charge in [-0.25, -0.2) is 0 Å². The van der Waals surface area contributed by atoms with Crippen LogP contribution in [0.4, 0.5) is 0 Å². The van der Waals surface area contributed by atoms with Crippen LogP contribution in [0.2, 0.25) is 0 Å². The Hall–Kier alpha value is -2.60. The number of benzene rings is 1. The molecule has 1 N–H and O–H groups in total. The van der Waals surface area contributed by atoms with Crippen molar-refractivity contribution >= 4 is 17.2 Å². The van der Waals surface area contributed by atoms with E-state index >= 15 is 0 Å². The van der Waals surface area contributed by atoms with E-state index in [1.165, 1.54) is 11.3 Å². The summed E-state index contributed by atoms with van der Waals surface area (Å²) in [7, 11) is 1.91. The van der Waals surface area contributed by atoms with Gasteiger partial charge >= 0.3 is 0 Å². The van der Waals surface area contributed by atoms with E-state index in [1.807, 2.05) is 68.2 Å². The van der Waals surface area contributed by atoms with E-state index in [-0.39, 0.29) is 5.91 Å². The molecule has 0 saturated heterocycles. The maximum atomic E-state index is 12.4. The van der Waals surface area contributed by atoms with Gasteiger partial charge in [-0.15, -0.1) is 11.3 Å². The lowest BCUT2D eigenvalue weighted by Crippen LogP contribution is -2.22. The van der Waals surface area contributed by atoms with E-state index in [9.17, 15) is 4.79 Å². The minimum absolute atomic E-state index is 0.0699. The number of hydrogen-bond acceptors (Lipinski definition) is 4. The lowest BCUT2D eigenvalue weighted by molar-refractivity contribution is 0.0955. The molecule has 0 aliphatic rings. The molecule has 0 aliphatic heterocycles. The number of amides is 1. The number of aromatic nitrogens is 2. The Morgan fingerprint density at radius 3 is 2.77 bits per heavy atom. The number of thiophene rings is 1. The Kier molecular flexibility index (Phi) is 5.42. The second-order valence-corrected chi connectivity index (χ2v) is 7.29. The lowest BCUT2D eigenvalue weighted by Gasteiger charge is -2.05. The fourth-order valence-corrected chi connectivity index (χ4v) is 3.58. The summed E-state index contributed by atoms with van der Waals surface area (Å²) >= 11 is 1.43. The van der Waals surface area contributed by atoms with Crippen LogP contribution in [0.15, 0.2) is 35.7 Å². The van der Waals surface area contributed by atoms with E-state index in [2.05, 4.69) is 10.4 Å². The summed E-state index contributed by atoms with van der Waals surface area (Å²) < 4.78 is 7.63. The molecule has 2 heterocycles. The first-order valence-electron chi connectivity index (χ1n) is 8.48. The standard InChI is InChI=1S/C20H23N3O2S/c1-13-6-5-7-17(8-13)25-11-16-9-19(26-12-16)20(24)21-10-18-14(2)22-23(4)15(18)3/h5-9,12H,10-11H2,1-4H3,(H,21,24). The largest absolute Gasteiger partial charge is 0.489 e. The zero-order valence-electron chi connectivity index (χ0n) is 15.5. The van der Waals surface area contributed by atoms with Gasteiger partial charge in [0.15, 0.2) is 0 Å². The van der Waals surface area contributed by atoms with Gasteiger partial charge < -0.3 is 10.1 Å². The van der Waals surface area contributed by atoms with Crippen LogP contribution in [0.25, 0.3) is 0 Å². The van der Waals surface area contributed by atoms with Gasteiger partial charge in [0.2, 0.25) is 0 Å². The highest BCUT2D eigenvalue weighted by atomic mass is 32.1. The highest BCUT2D eigenvalue weighted by Gasteiger charge is 2.13. The molecule has 3 rings (SSSR count). The third kappa shape index (κ3) is 4.14. The van der Waals surface area contributed by atoms with Crippen LogP contribution in [-0.4, -0.2) is 15.7 Å². The molecule has 0 atom stereocenters. The van der Waals surface area contributed by atoms with Gasteiger partial charge in [-0.1, -0.05) is 12.1 Å². The van der Waals surface area contributed by atoms with Gasteiger partial charge in [-0.05, 0) is 49.9 Å². The summed E-state index contributed by atoms with van der Waals surface area (Å²) in [5.41, 5.74) is 5.25. The monoisotopic (exact) mass is 369 g/mol. The molecule has 1 aromatic carbocycles. The molecule has 0 unspecified atom stereocenters. The van der Waals surface area contributed by atoms with Crippen molar-refractivity contribution in [1.82, 2.24) is 15.1 Å². The fraction of sp³-hybridized carbons (Fsp3) is 0.300. The van der Waals surface area contributed by atoms with E-state index in [1.54, 1.807) is 0 Å². The molecule has 2 aromatic heterocycles. The molecule has 5 nitrogen and oxygen atoms in total. The average molecular weight is 369 g/mol. The number of ether oxygens (including phenoxy) is 1. The molecule has 3 aromatic rings. The number of nitrogens with one attached hydrogen (secondary N) is 1. The highest BCUT2D eigenvalue weighted by Crippen LogP contribution is 2.19. The summed E-state index contributed by atoms with van der Waals surface area (Å²) in [6, 6.07) is 9.83. The Morgan fingerprint density at radius 2 is 2.08 bits per heavy atom. The predicted molar refractivity (Wildman–Crippen MR) is 104 cm³/mol. The van der Waals surface area contributed by atoms with Crippen molar-refractivity contribution in [1.29, 1.82) is 0 Å². The Balaban J connectivity index is 1.57. The third-order valence-electron chi connectivity index (χ3n) is 4.36. The Labute approximate surface area is 157 Å². The van der Waals surface area contributed by atoms with Gasteiger partial charge in [0.25, 0.3) is 5.91 Å². The van der Waals surface area contributed by atoms with Crippen molar-refractivity contribution in [3.05, 3.63) is 68.7 Å². The van der Waals surface area contributed by atoms with Crippen molar-refractivity contribution in [2.75, 3.05) is 0 Å². The number of nitrogens with zero attached hydrogens (tertiary/aromatic N) is 2. The van der Waals surface area contributed by atoms with Crippen molar-refractivity contribution in [3.8, 4) is 5.75 Å². The zero-order chi connectivity index (χ0) is 18.7. The second kappa shape index (κ2) is 7.74. The number of carbonyl (C=O) groups excluding carboxylic acids is 1. The number of hydrogen-bond donors (Lipinski definition) is 1. The molecule has 0 aliphatic carbocycles. The smallest absolute Gasteiger partial charge is 0.261 e. The number of rotatable bonds is 6. The van der Waals surface area contributed by atoms with Crippen molar-refractivity contribution in [2.24, 2.45) is 7.05 Å². The maximum absolute atomic E-state index is 12.4. The molecule has 0 radical (unpaired) electrons. The first-order valence-corrected chi connectivity index (χ1v) is 9.36. The van der Waals surface area contributed by atoms with Gasteiger partial charge in [-0.2, -0.15) is 5.10 Å². The minimum atomic E-state index is -0.0699. The molecule has 1 amide bonds.